The van der Waals surface area contributed by atoms with Gasteiger partial charge in [-0.1, -0.05) is 30.3 Å². The molecule has 36 heavy (non-hydrogen) atoms. The zero-order valence-electron chi connectivity index (χ0n) is 19.6. The summed E-state index contributed by atoms with van der Waals surface area (Å²) in [4.78, 5) is 31.0. The van der Waals surface area contributed by atoms with Crippen LogP contribution in [-0.2, 0) is 10.3 Å². The number of nitrogens with one attached hydrogen (secondary N) is 1. The van der Waals surface area contributed by atoms with Crippen LogP contribution in [0.3, 0.4) is 0 Å². The van der Waals surface area contributed by atoms with E-state index in [0.29, 0.717) is 28.7 Å². The molecule has 1 N–H and O–H groups in total. The zero-order valence-corrected chi connectivity index (χ0v) is 20.4. The number of rotatable bonds is 4. The first-order valence-corrected chi connectivity index (χ1v) is 13.1. The Labute approximate surface area is 212 Å². The first-order valence-electron chi connectivity index (χ1n) is 12.0. The van der Waals surface area contributed by atoms with Crippen molar-refractivity contribution < 1.29 is 23.8 Å². The fourth-order valence-corrected chi connectivity index (χ4v) is 7.79. The predicted molar refractivity (Wildman–Crippen MR) is 136 cm³/mol. The molecule has 4 aliphatic rings. The van der Waals surface area contributed by atoms with Gasteiger partial charge in [-0.2, -0.15) is 0 Å². The van der Waals surface area contributed by atoms with E-state index < -0.39 is 11.5 Å². The van der Waals surface area contributed by atoms with Gasteiger partial charge in [0, 0.05) is 40.4 Å². The van der Waals surface area contributed by atoms with Crippen molar-refractivity contribution in [2.24, 2.45) is 5.92 Å². The Bertz CT molecular complexity index is 1400. The number of Topliss-reactive ketones (excluding diaryl/α,β-unsaturated/α-hetero) is 1. The maximum atomic E-state index is 14.6. The van der Waals surface area contributed by atoms with Crippen LogP contribution >= 0.6 is 11.8 Å². The molecule has 4 atom stereocenters. The number of ether oxygens (including phenoxy) is 3. The third-order valence-electron chi connectivity index (χ3n) is 7.95. The normalized spacial score (nSPS) is 27.7. The fraction of sp³-hybridized carbons (Fsp3) is 0.286. The minimum Gasteiger partial charge on any atom is -0.497 e. The van der Waals surface area contributed by atoms with Crippen molar-refractivity contribution in [1.82, 2.24) is 4.90 Å². The highest BCUT2D eigenvalue weighted by Gasteiger charge is 2.69. The number of ketones is 1. The smallest absolute Gasteiger partial charge is 0.250 e. The second-order valence-electron chi connectivity index (χ2n) is 9.52. The Balaban J connectivity index is 1.47. The molecule has 0 unspecified atom stereocenters. The number of carbonyl (C=O) groups is 2. The molecule has 0 bridgehead atoms. The number of carbonyl (C=O) groups excluding carboxylic acids is 2. The Morgan fingerprint density at radius 3 is 2.75 bits per heavy atom. The Morgan fingerprint density at radius 2 is 1.92 bits per heavy atom. The summed E-state index contributed by atoms with van der Waals surface area (Å²) < 4.78 is 16.6. The van der Waals surface area contributed by atoms with Gasteiger partial charge in [-0.3, -0.25) is 14.5 Å². The molecule has 7 rings (SSSR count). The Hall–Kier alpha value is -3.49. The van der Waals surface area contributed by atoms with E-state index in [2.05, 4.69) is 22.3 Å². The van der Waals surface area contributed by atoms with E-state index in [-0.39, 0.29) is 30.4 Å². The van der Waals surface area contributed by atoms with Crippen LogP contribution < -0.4 is 19.5 Å². The molecule has 0 radical (unpaired) electrons. The summed E-state index contributed by atoms with van der Waals surface area (Å²) in [6.45, 7) is 0.135. The average molecular weight is 501 g/mol. The van der Waals surface area contributed by atoms with E-state index >= 15 is 0 Å². The molecule has 7 nitrogen and oxygen atoms in total. The summed E-state index contributed by atoms with van der Waals surface area (Å²) in [7, 11) is 1.61. The van der Waals surface area contributed by atoms with E-state index in [1.807, 2.05) is 36.4 Å². The van der Waals surface area contributed by atoms with Crippen molar-refractivity contribution >= 4 is 29.1 Å². The molecule has 2 fully saturated rings. The van der Waals surface area contributed by atoms with Crippen LogP contribution in [0.25, 0.3) is 0 Å². The predicted octanol–water partition coefficient (Wildman–Crippen LogP) is 4.24. The summed E-state index contributed by atoms with van der Waals surface area (Å²) in [5, 5.41) is 3.10. The molecule has 0 aliphatic carbocycles. The summed E-state index contributed by atoms with van der Waals surface area (Å²) in [6, 6.07) is 21.1. The summed E-state index contributed by atoms with van der Waals surface area (Å²) >= 11 is 1.80. The number of fused-ring (bicyclic) bond motifs is 5. The molecular weight excluding hydrogens is 476 g/mol. The van der Waals surface area contributed by atoms with Crippen molar-refractivity contribution in [3.8, 4) is 17.2 Å². The number of hydrogen-bond acceptors (Lipinski definition) is 7. The minimum atomic E-state index is -1.15. The number of hydrogen-bond donors (Lipinski definition) is 1. The molecule has 1 spiro atoms. The van der Waals surface area contributed by atoms with Crippen molar-refractivity contribution in [2.45, 2.75) is 17.5 Å². The van der Waals surface area contributed by atoms with Crippen molar-refractivity contribution in [3.05, 3.63) is 83.4 Å². The quantitative estimate of drug-likeness (QED) is 0.537. The van der Waals surface area contributed by atoms with Gasteiger partial charge in [0.15, 0.2) is 17.3 Å². The molecule has 3 aromatic rings. The van der Waals surface area contributed by atoms with Crippen LogP contribution in [0.2, 0.25) is 0 Å². The number of thioether (sulfide) groups is 1. The van der Waals surface area contributed by atoms with Crippen molar-refractivity contribution in [1.29, 1.82) is 0 Å². The van der Waals surface area contributed by atoms with Gasteiger partial charge in [-0.15, -0.1) is 11.8 Å². The van der Waals surface area contributed by atoms with Gasteiger partial charge in [0.2, 0.25) is 12.7 Å². The van der Waals surface area contributed by atoms with E-state index in [4.69, 9.17) is 14.2 Å². The van der Waals surface area contributed by atoms with Gasteiger partial charge in [0.1, 0.15) is 11.3 Å². The van der Waals surface area contributed by atoms with Gasteiger partial charge in [-0.05, 0) is 42.0 Å². The SMILES string of the molecule is COc1ccc2c(c1)[C@]1(C(=O)N2)[C@@H](C(=O)c2ccc3c(c2)OCO3)[C@H](c2ccccc2)[C@H]2CSCN21. The average Bonchev–Trinajstić information content (AvgIpc) is 3.68. The molecule has 4 aliphatic heterocycles. The number of amides is 1. The standard InChI is InChI=1S/C28H24N2O5S/c1-33-18-8-9-20-19(12-18)28(27(32)29-20)25(26(31)17-7-10-22-23(11-17)35-15-34-22)24(16-5-3-2-4-6-16)21-13-36-14-30(21)28/h2-12,21,24-25H,13-15H2,1H3,(H,29,32)/t21-,24-,25-,28-/m1/s1. The van der Waals surface area contributed by atoms with Crippen LogP contribution in [0, 0.1) is 5.92 Å². The van der Waals surface area contributed by atoms with Gasteiger partial charge < -0.3 is 19.5 Å². The molecule has 0 aromatic heterocycles. The molecule has 1 amide bonds. The molecule has 0 saturated carbocycles. The lowest BCUT2D eigenvalue weighted by atomic mass is 9.69. The number of methoxy groups -OCH3 is 1. The van der Waals surface area contributed by atoms with Gasteiger partial charge >= 0.3 is 0 Å². The topological polar surface area (TPSA) is 77.1 Å². The number of nitrogens with zero attached hydrogens (tertiary/aromatic N) is 1. The maximum Gasteiger partial charge on any atom is 0.250 e. The van der Waals surface area contributed by atoms with E-state index in [1.165, 1.54) is 0 Å². The van der Waals surface area contributed by atoms with Crippen LogP contribution in [-0.4, -0.2) is 48.2 Å². The lowest BCUT2D eigenvalue weighted by molar-refractivity contribution is -0.127. The molecular formula is C28H24N2O5S. The van der Waals surface area contributed by atoms with Crippen molar-refractivity contribution in [2.75, 3.05) is 30.8 Å². The summed E-state index contributed by atoms with van der Waals surface area (Å²) in [5.74, 6) is 2.31. The lowest BCUT2D eigenvalue weighted by Gasteiger charge is -2.36. The summed E-state index contributed by atoms with van der Waals surface area (Å²) in [5.41, 5.74) is 1.97. The Kier molecular flexibility index (Phi) is 4.84. The van der Waals surface area contributed by atoms with E-state index in [0.717, 1.165) is 22.6 Å². The van der Waals surface area contributed by atoms with Crippen LogP contribution in [0.15, 0.2) is 66.7 Å². The van der Waals surface area contributed by atoms with E-state index in [9.17, 15) is 9.59 Å². The van der Waals surface area contributed by atoms with Crippen molar-refractivity contribution in [3.63, 3.8) is 0 Å². The first-order chi connectivity index (χ1) is 17.6. The highest BCUT2D eigenvalue weighted by Crippen LogP contribution is 2.61. The summed E-state index contributed by atoms with van der Waals surface area (Å²) in [6.07, 6.45) is 0. The van der Waals surface area contributed by atoms with Gasteiger partial charge in [0.25, 0.3) is 0 Å². The van der Waals surface area contributed by atoms with Gasteiger partial charge in [-0.25, -0.2) is 0 Å². The van der Waals surface area contributed by atoms with E-state index in [1.54, 1.807) is 37.1 Å². The van der Waals surface area contributed by atoms with Crippen LogP contribution in [0.5, 0.6) is 17.2 Å². The highest BCUT2D eigenvalue weighted by atomic mass is 32.2. The molecule has 8 heteroatoms. The monoisotopic (exact) mass is 500 g/mol. The maximum absolute atomic E-state index is 14.6. The second-order valence-corrected chi connectivity index (χ2v) is 10.5. The first kappa shape index (κ1) is 21.8. The highest BCUT2D eigenvalue weighted by molar-refractivity contribution is 7.99. The third-order valence-corrected chi connectivity index (χ3v) is 8.99. The van der Waals surface area contributed by atoms with Crippen LogP contribution in [0.1, 0.15) is 27.4 Å². The largest absolute Gasteiger partial charge is 0.497 e. The zero-order chi connectivity index (χ0) is 24.4. The fourth-order valence-electron chi connectivity index (χ4n) is 6.46. The number of benzene rings is 3. The lowest BCUT2D eigenvalue weighted by Crippen LogP contribution is -2.52. The molecule has 4 heterocycles. The van der Waals surface area contributed by atoms with Crippen LogP contribution in [0.4, 0.5) is 5.69 Å². The Morgan fingerprint density at radius 1 is 1.08 bits per heavy atom. The third kappa shape index (κ3) is 2.85. The molecule has 3 aromatic carbocycles. The minimum absolute atomic E-state index is 0.0308. The molecule has 2 saturated heterocycles. The van der Waals surface area contributed by atoms with Gasteiger partial charge in [0.05, 0.1) is 13.0 Å². The second kappa shape index (κ2) is 8.01. The molecule has 182 valence electrons. The number of anilines is 1.